The van der Waals surface area contributed by atoms with E-state index >= 15 is 0 Å². The first-order chi connectivity index (χ1) is 4.13. The number of rotatable bonds is 0. The van der Waals surface area contributed by atoms with Crippen molar-refractivity contribution in [2.75, 3.05) is 0 Å². The Hall–Kier alpha value is -0.860. The quantitative estimate of drug-likeness (QED) is 0.396. The van der Waals surface area contributed by atoms with Gasteiger partial charge < -0.3 is 0 Å². The Morgan fingerprint density at radius 2 is 2.00 bits per heavy atom. The van der Waals surface area contributed by atoms with Crippen molar-refractivity contribution >= 4 is 0 Å². The molecule has 1 aromatic rings. The Morgan fingerprint density at radius 1 is 1.44 bits per heavy atom. The molecule has 0 fully saturated rings. The predicted molar refractivity (Wildman–Crippen MR) is 32.5 cm³/mol. The Balaban J connectivity index is 3.29. The van der Waals surface area contributed by atoms with E-state index in [1.807, 2.05) is 32.2 Å². The molecule has 3 heteroatoms. The fourth-order valence-corrected chi connectivity index (χ4v) is 0.868. The molecular formula is C6H13N3+2. The Bertz CT molecular complexity index is 202. The van der Waals surface area contributed by atoms with Gasteiger partial charge in [-0.3, -0.25) is 0 Å². The van der Waals surface area contributed by atoms with Crippen molar-refractivity contribution in [2.45, 2.75) is 6.92 Å². The molecule has 0 aliphatic rings. The van der Waals surface area contributed by atoms with Gasteiger partial charge in [0.05, 0.1) is 7.05 Å². The topological polar surface area (TPSA) is 12.7 Å². The summed E-state index contributed by atoms with van der Waals surface area (Å²) in [4.78, 5) is 0. The Morgan fingerprint density at radius 3 is 2.11 bits per heavy atom. The average Bonchev–Trinajstić information content (AvgIpc) is 1.98. The van der Waals surface area contributed by atoms with E-state index in [4.69, 9.17) is 0 Å². The molecule has 0 spiro atoms. The summed E-state index contributed by atoms with van der Waals surface area (Å²) >= 11 is 0. The standard InChI is InChI=1S/C6H13N3/c1-6-7(2)5-8(3)9(6)4/h5H,1-4H3/q+2. The molecule has 0 aliphatic heterocycles. The first-order valence-corrected chi connectivity index (χ1v) is 3.01. The highest BCUT2D eigenvalue weighted by molar-refractivity contribution is 4.59. The average molecular weight is 127 g/mol. The van der Waals surface area contributed by atoms with Gasteiger partial charge in [-0.25, -0.2) is 0 Å². The van der Waals surface area contributed by atoms with Gasteiger partial charge in [0.25, 0.3) is 0 Å². The lowest BCUT2D eigenvalue weighted by Crippen LogP contribution is -2.37. The molecule has 0 unspecified atom stereocenters. The van der Waals surface area contributed by atoms with Crippen molar-refractivity contribution in [3.05, 3.63) is 12.2 Å². The van der Waals surface area contributed by atoms with Crippen LogP contribution in [0.5, 0.6) is 0 Å². The summed E-state index contributed by atoms with van der Waals surface area (Å²) in [7, 11) is 6.09. The van der Waals surface area contributed by atoms with Crippen LogP contribution in [0.1, 0.15) is 5.82 Å². The lowest BCUT2D eigenvalue weighted by molar-refractivity contribution is -0.806. The maximum absolute atomic E-state index is 2.08. The summed E-state index contributed by atoms with van der Waals surface area (Å²) in [5, 5.41) is 0. The van der Waals surface area contributed by atoms with Gasteiger partial charge in [0, 0.05) is 6.92 Å². The third-order valence-electron chi connectivity index (χ3n) is 1.79. The normalized spacial score (nSPS) is 10.2. The van der Waals surface area contributed by atoms with Crippen LogP contribution < -0.4 is 9.25 Å². The molecule has 0 N–H and O–H groups in total. The molecule has 3 nitrogen and oxygen atoms in total. The van der Waals surface area contributed by atoms with Crippen LogP contribution in [0.2, 0.25) is 0 Å². The minimum atomic E-state index is 1.25. The predicted octanol–water partition coefficient (Wildman–Crippen LogP) is -1.02. The van der Waals surface area contributed by atoms with Crippen LogP contribution in [-0.4, -0.2) is 4.68 Å². The molecule has 0 atom stereocenters. The fraction of sp³-hybridized carbons (Fsp3) is 0.667. The minimum Gasteiger partial charge on any atom is -0.128 e. The molecule has 0 amide bonds. The number of aromatic nitrogens is 3. The summed E-state index contributed by atoms with van der Waals surface area (Å²) in [6, 6.07) is 0. The van der Waals surface area contributed by atoms with Gasteiger partial charge in [-0.1, -0.05) is 9.36 Å². The first-order valence-electron chi connectivity index (χ1n) is 3.01. The van der Waals surface area contributed by atoms with Gasteiger partial charge in [0.2, 0.25) is 0 Å². The molecule has 1 heterocycles. The largest absolute Gasteiger partial charge is 0.431 e. The van der Waals surface area contributed by atoms with Crippen molar-refractivity contribution in [3.8, 4) is 0 Å². The molecule has 1 rings (SSSR count). The van der Waals surface area contributed by atoms with E-state index in [-0.39, 0.29) is 0 Å². The maximum Gasteiger partial charge on any atom is 0.431 e. The fourth-order valence-electron chi connectivity index (χ4n) is 0.868. The van der Waals surface area contributed by atoms with Gasteiger partial charge in [-0.2, -0.15) is 0 Å². The Labute approximate surface area is 55.1 Å². The van der Waals surface area contributed by atoms with E-state index in [9.17, 15) is 0 Å². The van der Waals surface area contributed by atoms with Crippen LogP contribution in [0.3, 0.4) is 0 Å². The van der Waals surface area contributed by atoms with Gasteiger partial charge in [-0.05, 0) is 0 Å². The monoisotopic (exact) mass is 127 g/mol. The van der Waals surface area contributed by atoms with Gasteiger partial charge in [0.1, 0.15) is 7.05 Å². The zero-order valence-electron chi connectivity index (χ0n) is 6.42. The molecule has 1 aromatic heterocycles. The first kappa shape index (κ1) is 6.26. The van der Waals surface area contributed by atoms with Crippen LogP contribution in [0, 0.1) is 6.92 Å². The van der Waals surface area contributed by atoms with Crippen molar-refractivity contribution in [3.63, 3.8) is 0 Å². The van der Waals surface area contributed by atoms with Gasteiger partial charge in [0.15, 0.2) is 7.05 Å². The van der Waals surface area contributed by atoms with E-state index in [0.29, 0.717) is 0 Å². The highest BCUT2D eigenvalue weighted by atomic mass is 15.4. The van der Waals surface area contributed by atoms with Crippen LogP contribution in [0.25, 0.3) is 0 Å². The van der Waals surface area contributed by atoms with Crippen molar-refractivity contribution in [2.24, 2.45) is 21.1 Å². The maximum atomic E-state index is 2.08. The van der Waals surface area contributed by atoms with E-state index in [1.165, 1.54) is 5.82 Å². The lowest BCUT2D eigenvalue weighted by Gasteiger charge is -1.81. The SMILES string of the molecule is Cc1n(C)[n+](C)c[n+]1C. The summed E-state index contributed by atoms with van der Waals surface area (Å²) in [6.45, 7) is 2.08. The summed E-state index contributed by atoms with van der Waals surface area (Å²) in [5.74, 6) is 1.25. The molecule has 0 saturated carbocycles. The summed E-state index contributed by atoms with van der Waals surface area (Å²) in [6.07, 6.45) is 2.04. The zero-order chi connectivity index (χ0) is 7.02. The molecule has 0 aromatic carbocycles. The number of aryl methyl sites for hydroxylation is 2. The second-order valence-electron chi connectivity index (χ2n) is 2.37. The molecular weight excluding hydrogens is 114 g/mol. The van der Waals surface area contributed by atoms with E-state index in [2.05, 4.69) is 16.2 Å². The van der Waals surface area contributed by atoms with Gasteiger partial charge in [-0.15, -0.1) is 4.57 Å². The molecule has 0 aliphatic carbocycles. The smallest absolute Gasteiger partial charge is 0.128 e. The van der Waals surface area contributed by atoms with Crippen LogP contribution >= 0.6 is 0 Å². The highest BCUT2D eigenvalue weighted by Crippen LogP contribution is 1.76. The number of hydrogen-bond acceptors (Lipinski definition) is 0. The summed E-state index contributed by atoms with van der Waals surface area (Å²) in [5.41, 5.74) is 0. The third kappa shape index (κ3) is 0.823. The zero-order valence-corrected chi connectivity index (χ0v) is 6.42. The van der Waals surface area contributed by atoms with Crippen LogP contribution in [0.4, 0.5) is 0 Å². The molecule has 9 heavy (non-hydrogen) atoms. The molecule has 50 valence electrons. The van der Waals surface area contributed by atoms with Crippen molar-refractivity contribution in [1.82, 2.24) is 4.68 Å². The molecule has 0 bridgehead atoms. The van der Waals surface area contributed by atoms with Gasteiger partial charge >= 0.3 is 12.2 Å². The van der Waals surface area contributed by atoms with E-state index in [1.54, 1.807) is 0 Å². The number of hydrogen-bond donors (Lipinski definition) is 0. The second kappa shape index (κ2) is 1.83. The molecule has 0 radical (unpaired) electrons. The lowest BCUT2D eigenvalue weighted by atomic mass is 10.7. The Kier molecular flexibility index (Phi) is 1.27. The van der Waals surface area contributed by atoms with E-state index in [0.717, 1.165) is 0 Å². The second-order valence-corrected chi connectivity index (χ2v) is 2.37. The van der Waals surface area contributed by atoms with Crippen molar-refractivity contribution < 1.29 is 9.25 Å². The molecule has 0 saturated heterocycles. The minimum absolute atomic E-state index is 1.25. The summed E-state index contributed by atoms with van der Waals surface area (Å²) < 4.78 is 6.20. The third-order valence-corrected chi connectivity index (χ3v) is 1.79. The number of nitrogens with zero attached hydrogens (tertiary/aromatic N) is 3. The van der Waals surface area contributed by atoms with E-state index < -0.39 is 0 Å². The highest BCUT2D eigenvalue weighted by Gasteiger charge is 2.14. The van der Waals surface area contributed by atoms with Crippen LogP contribution in [0.15, 0.2) is 6.33 Å². The van der Waals surface area contributed by atoms with Crippen LogP contribution in [-0.2, 0) is 21.1 Å². The van der Waals surface area contributed by atoms with Crippen molar-refractivity contribution in [1.29, 1.82) is 0 Å².